The van der Waals surface area contributed by atoms with Gasteiger partial charge in [-0.2, -0.15) is 13.2 Å². The molecular formula is C26H26F3N3. The van der Waals surface area contributed by atoms with Gasteiger partial charge in [0.15, 0.2) is 5.69 Å². The maximum atomic E-state index is 13.2. The number of nitrogens with one attached hydrogen (secondary N) is 1. The first-order valence-electron chi connectivity index (χ1n) is 10.8. The van der Waals surface area contributed by atoms with Gasteiger partial charge in [-0.1, -0.05) is 55.5 Å². The van der Waals surface area contributed by atoms with Crippen LogP contribution >= 0.6 is 0 Å². The number of hydrogen-bond acceptors (Lipinski definition) is 1. The smallest absolute Gasteiger partial charge is 0.364 e. The fraction of sp³-hybridized carbons (Fsp3) is 0.269. The zero-order valence-corrected chi connectivity index (χ0v) is 18.4. The van der Waals surface area contributed by atoms with Gasteiger partial charge in [0, 0.05) is 41.7 Å². The molecule has 0 radical (unpaired) electrons. The molecule has 0 aliphatic heterocycles. The molecule has 0 unspecified atom stereocenters. The second-order valence-electron chi connectivity index (χ2n) is 8.20. The summed E-state index contributed by atoms with van der Waals surface area (Å²) in [5.41, 5.74) is 5.69. The quantitative estimate of drug-likeness (QED) is 0.337. The lowest BCUT2D eigenvalue weighted by molar-refractivity contribution is -0.140. The van der Waals surface area contributed by atoms with E-state index in [1.807, 2.05) is 50.4 Å². The molecule has 0 atom stereocenters. The molecule has 0 amide bonds. The summed E-state index contributed by atoms with van der Waals surface area (Å²) in [5, 5.41) is 0. The Bertz CT molecular complexity index is 1200. The van der Waals surface area contributed by atoms with Crippen LogP contribution in [0.4, 0.5) is 13.2 Å². The lowest BCUT2D eigenvalue weighted by Crippen LogP contribution is -2.05. The predicted molar refractivity (Wildman–Crippen MR) is 121 cm³/mol. The molecular weight excluding hydrogens is 411 g/mol. The molecule has 2 aromatic heterocycles. The number of imidazole rings is 1. The molecule has 0 saturated carbocycles. The number of hydrogen-bond donors (Lipinski definition) is 1. The number of benzene rings is 2. The topological polar surface area (TPSA) is 33.6 Å². The highest BCUT2D eigenvalue weighted by atomic mass is 19.4. The van der Waals surface area contributed by atoms with Gasteiger partial charge in [0.05, 0.1) is 0 Å². The van der Waals surface area contributed by atoms with E-state index in [1.165, 1.54) is 16.7 Å². The fourth-order valence-electron chi connectivity index (χ4n) is 4.01. The minimum absolute atomic E-state index is 0.131. The van der Waals surface area contributed by atoms with Crippen molar-refractivity contribution in [2.45, 2.75) is 45.8 Å². The summed E-state index contributed by atoms with van der Waals surface area (Å²) in [5.74, 6) is 0.330. The van der Waals surface area contributed by atoms with Crippen molar-refractivity contribution >= 4 is 0 Å². The van der Waals surface area contributed by atoms with Crippen LogP contribution in [0.3, 0.4) is 0 Å². The molecule has 4 aromatic rings. The van der Waals surface area contributed by atoms with Gasteiger partial charge < -0.3 is 9.55 Å². The van der Waals surface area contributed by atoms with Crippen molar-refractivity contribution < 1.29 is 13.2 Å². The first-order valence-corrected chi connectivity index (χ1v) is 10.8. The Morgan fingerprint density at radius 2 is 1.69 bits per heavy atom. The normalized spacial score (nSPS) is 12.0. The average Bonchev–Trinajstić information content (AvgIpc) is 3.41. The maximum Gasteiger partial charge on any atom is 0.434 e. The first-order chi connectivity index (χ1) is 15.3. The summed E-state index contributed by atoms with van der Waals surface area (Å²) < 4.78 is 41.1. The van der Waals surface area contributed by atoms with Gasteiger partial charge in [0.2, 0.25) is 0 Å². The molecule has 32 heavy (non-hydrogen) atoms. The van der Waals surface area contributed by atoms with Gasteiger partial charge in [-0.25, -0.2) is 4.98 Å². The van der Waals surface area contributed by atoms with Gasteiger partial charge in [0.25, 0.3) is 0 Å². The number of halogens is 3. The Hall–Kier alpha value is -3.28. The molecule has 0 aliphatic carbocycles. The highest BCUT2D eigenvalue weighted by Gasteiger charge is 2.35. The number of alkyl halides is 3. The summed E-state index contributed by atoms with van der Waals surface area (Å²) in [6, 6.07) is 18.0. The van der Waals surface area contributed by atoms with Crippen LogP contribution in [0.2, 0.25) is 0 Å². The molecule has 0 aliphatic rings. The average molecular weight is 438 g/mol. The summed E-state index contributed by atoms with van der Waals surface area (Å²) in [6.45, 7) is 5.84. The van der Waals surface area contributed by atoms with Gasteiger partial charge in [0.1, 0.15) is 5.82 Å². The number of aryl methyl sites for hydroxylation is 1. The van der Waals surface area contributed by atoms with Gasteiger partial charge in [-0.05, 0) is 43.0 Å². The lowest BCUT2D eigenvalue weighted by Gasteiger charge is -2.12. The Morgan fingerprint density at radius 3 is 2.34 bits per heavy atom. The van der Waals surface area contributed by atoms with E-state index in [0.29, 0.717) is 17.8 Å². The number of nitrogens with zero attached hydrogens (tertiary/aromatic N) is 2. The summed E-state index contributed by atoms with van der Waals surface area (Å²) >= 11 is 0. The Kier molecular flexibility index (Phi) is 5.96. The number of aromatic nitrogens is 3. The van der Waals surface area contributed by atoms with E-state index in [2.05, 4.69) is 41.2 Å². The molecule has 0 saturated heterocycles. The second-order valence-corrected chi connectivity index (χ2v) is 8.20. The van der Waals surface area contributed by atoms with E-state index in [-0.39, 0.29) is 6.04 Å². The van der Waals surface area contributed by atoms with Crippen LogP contribution < -0.4 is 0 Å². The first kappa shape index (κ1) is 21.9. The van der Waals surface area contributed by atoms with E-state index in [9.17, 15) is 13.2 Å². The molecule has 166 valence electrons. The van der Waals surface area contributed by atoms with Crippen molar-refractivity contribution in [3.05, 3.63) is 89.5 Å². The third kappa shape index (κ3) is 4.35. The van der Waals surface area contributed by atoms with E-state index in [1.54, 1.807) is 4.57 Å². The van der Waals surface area contributed by atoms with Crippen LogP contribution in [0.1, 0.15) is 49.3 Å². The standard InChI is InChI=1S/C26H26F3N3/c1-4-19-7-5-6-8-21(19)22-13-14-30-23(22)15-18-9-11-20(12-10-18)25-31-24(26(27,28)29)16-32(25)17(2)3/h5-14,16-17,30H,4,15H2,1-3H3. The summed E-state index contributed by atoms with van der Waals surface area (Å²) in [4.78, 5) is 7.24. The van der Waals surface area contributed by atoms with Gasteiger partial charge in [-0.15, -0.1) is 0 Å². The van der Waals surface area contributed by atoms with E-state index in [0.717, 1.165) is 23.9 Å². The fourth-order valence-corrected chi connectivity index (χ4v) is 4.01. The van der Waals surface area contributed by atoms with Crippen LogP contribution in [-0.2, 0) is 19.0 Å². The minimum Gasteiger partial charge on any atom is -0.364 e. The van der Waals surface area contributed by atoms with Crippen LogP contribution in [-0.4, -0.2) is 14.5 Å². The Labute approximate surface area is 186 Å². The van der Waals surface area contributed by atoms with E-state index < -0.39 is 11.9 Å². The van der Waals surface area contributed by atoms with Crippen molar-refractivity contribution in [3.63, 3.8) is 0 Å². The van der Waals surface area contributed by atoms with Crippen molar-refractivity contribution in [2.75, 3.05) is 0 Å². The number of aromatic amines is 1. The summed E-state index contributed by atoms with van der Waals surface area (Å²) in [6.07, 6.45) is 0.229. The van der Waals surface area contributed by atoms with Gasteiger partial charge >= 0.3 is 6.18 Å². The largest absolute Gasteiger partial charge is 0.434 e. The highest BCUT2D eigenvalue weighted by molar-refractivity contribution is 5.70. The molecule has 0 spiro atoms. The van der Waals surface area contributed by atoms with Crippen molar-refractivity contribution in [2.24, 2.45) is 0 Å². The zero-order chi connectivity index (χ0) is 22.9. The highest BCUT2D eigenvalue weighted by Crippen LogP contribution is 2.33. The Balaban J connectivity index is 1.62. The predicted octanol–water partition coefficient (Wildman–Crippen LogP) is 7.30. The van der Waals surface area contributed by atoms with Crippen LogP contribution in [0.15, 0.2) is 67.0 Å². The molecule has 6 heteroatoms. The molecule has 2 aromatic carbocycles. The van der Waals surface area contributed by atoms with Crippen molar-refractivity contribution in [3.8, 4) is 22.5 Å². The third-order valence-corrected chi connectivity index (χ3v) is 5.69. The number of rotatable bonds is 6. The molecule has 0 bridgehead atoms. The summed E-state index contributed by atoms with van der Waals surface area (Å²) in [7, 11) is 0. The second kappa shape index (κ2) is 8.69. The lowest BCUT2D eigenvalue weighted by atomic mass is 9.96. The molecule has 3 nitrogen and oxygen atoms in total. The molecule has 2 heterocycles. The molecule has 0 fully saturated rings. The molecule has 4 rings (SSSR count). The van der Waals surface area contributed by atoms with Crippen LogP contribution in [0, 0.1) is 0 Å². The van der Waals surface area contributed by atoms with E-state index >= 15 is 0 Å². The molecule has 1 N–H and O–H groups in total. The van der Waals surface area contributed by atoms with E-state index in [4.69, 9.17) is 0 Å². The van der Waals surface area contributed by atoms with Crippen molar-refractivity contribution in [1.29, 1.82) is 0 Å². The number of H-pyrrole nitrogens is 1. The van der Waals surface area contributed by atoms with Crippen LogP contribution in [0.25, 0.3) is 22.5 Å². The van der Waals surface area contributed by atoms with Gasteiger partial charge in [-0.3, -0.25) is 0 Å². The third-order valence-electron chi connectivity index (χ3n) is 5.69. The Morgan fingerprint density at radius 1 is 0.969 bits per heavy atom. The minimum atomic E-state index is -4.46. The van der Waals surface area contributed by atoms with Crippen LogP contribution in [0.5, 0.6) is 0 Å². The zero-order valence-electron chi connectivity index (χ0n) is 18.4. The monoisotopic (exact) mass is 437 g/mol. The SMILES string of the molecule is CCc1ccccc1-c1cc[nH]c1Cc1ccc(-c2nc(C(F)(F)F)cn2C(C)C)cc1. The maximum absolute atomic E-state index is 13.2. The van der Waals surface area contributed by atoms with Crippen molar-refractivity contribution in [1.82, 2.24) is 14.5 Å².